The molecule has 1 heterocycles. The highest BCUT2D eigenvalue weighted by Gasteiger charge is 2.35. The van der Waals surface area contributed by atoms with E-state index in [4.69, 9.17) is 5.11 Å². The first-order chi connectivity index (χ1) is 9.05. The highest BCUT2D eigenvalue weighted by Crippen LogP contribution is 2.20. The number of rotatable bonds is 5. The number of amides is 1. The number of nitrogens with one attached hydrogen (secondary N) is 1. The average molecular weight is 306 g/mol. The molecular weight excluding hydrogens is 284 g/mol. The lowest BCUT2D eigenvalue weighted by molar-refractivity contribution is -0.146. The maximum Gasteiger partial charge on any atom is 0.310 e. The van der Waals surface area contributed by atoms with E-state index in [-0.39, 0.29) is 6.54 Å². The van der Waals surface area contributed by atoms with E-state index >= 15 is 0 Å². The molecule has 0 saturated carbocycles. The Morgan fingerprint density at radius 1 is 1.35 bits per heavy atom. The van der Waals surface area contributed by atoms with Crippen LogP contribution in [0.2, 0.25) is 0 Å². The normalized spacial score (nSPS) is 21.4. The second kappa shape index (κ2) is 6.09. The third kappa shape index (κ3) is 4.17. The van der Waals surface area contributed by atoms with E-state index in [1.165, 1.54) is 18.2 Å². The van der Waals surface area contributed by atoms with Crippen LogP contribution in [0.25, 0.3) is 0 Å². The fraction of sp³-hybridized carbons (Fsp3) is 0.833. The summed E-state index contributed by atoms with van der Waals surface area (Å²) in [5, 5.41) is 11.5. The van der Waals surface area contributed by atoms with E-state index < -0.39 is 33.4 Å². The topological polar surface area (TPSA) is 104 Å². The summed E-state index contributed by atoms with van der Waals surface area (Å²) < 4.78 is 24.5. The molecular formula is C12H22N2O5S. The fourth-order valence-corrected chi connectivity index (χ4v) is 3.19. The highest BCUT2D eigenvalue weighted by atomic mass is 32.2. The minimum atomic E-state index is -3.43. The zero-order chi connectivity index (χ0) is 15.6. The van der Waals surface area contributed by atoms with Crippen molar-refractivity contribution in [3.63, 3.8) is 0 Å². The Morgan fingerprint density at radius 2 is 1.95 bits per heavy atom. The molecule has 0 aliphatic carbocycles. The first-order valence-corrected chi connectivity index (χ1v) is 8.38. The van der Waals surface area contributed by atoms with Crippen molar-refractivity contribution in [2.75, 3.05) is 19.3 Å². The molecule has 0 aromatic heterocycles. The molecule has 116 valence electrons. The summed E-state index contributed by atoms with van der Waals surface area (Å²) in [5.41, 5.74) is -1.08. The summed E-state index contributed by atoms with van der Waals surface area (Å²) in [7, 11) is -3.43. The number of sulfonamides is 1. The molecule has 1 saturated heterocycles. The van der Waals surface area contributed by atoms with Gasteiger partial charge in [-0.25, -0.2) is 8.42 Å². The lowest BCUT2D eigenvalue weighted by Crippen LogP contribution is -2.53. The van der Waals surface area contributed by atoms with E-state index in [2.05, 4.69) is 5.32 Å². The zero-order valence-electron chi connectivity index (χ0n) is 12.0. The van der Waals surface area contributed by atoms with Gasteiger partial charge in [0.25, 0.3) is 0 Å². The highest BCUT2D eigenvalue weighted by molar-refractivity contribution is 7.88. The van der Waals surface area contributed by atoms with Crippen LogP contribution in [-0.2, 0) is 19.6 Å². The molecule has 1 fully saturated rings. The molecule has 8 heteroatoms. The molecule has 0 bridgehead atoms. The van der Waals surface area contributed by atoms with Crippen molar-refractivity contribution in [3.05, 3.63) is 0 Å². The van der Waals surface area contributed by atoms with Gasteiger partial charge >= 0.3 is 5.97 Å². The van der Waals surface area contributed by atoms with Crippen LogP contribution in [-0.4, -0.2) is 55.1 Å². The second-order valence-corrected chi connectivity index (χ2v) is 7.73. The standard InChI is InChI=1S/C12H22N2O5S/c1-12(2,11(16)17)8-13-10(15)9-6-4-5-7-14(9)20(3,18)19/h9H,4-8H2,1-3H3,(H,13,15)(H,16,17)/t9-/m1/s1. The molecule has 0 radical (unpaired) electrons. The van der Waals surface area contributed by atoms with Gasteiger partial charge in [0, 0.05) is 13.1 Å². The van der Waals surface area contributed by atoms with E-state index in [1.807, 2.05) is 0 Å². The molecule has 0 aromatic rings. The van der Waals surface area contributed by atoms with Gasteiger partial charge in [-0.05, 0) is 26.7 Å². The number of hydrogen-bond acceptors (Lipinski definition) is 4. The minimum Gasteiger partial charge on any atom is -0.481 e. The van der Waals surface area contributed by atoms with E-state index in [9.17, 15) is 18.0 Å². The third-order valence-corrected chi connectivity index (χ3v) is 4.75. The number of piperidine rings is 1. The molecule has 0 spiro atoms. The Labute approximate surface area is 119 Å². The van der Waals surface area contributed by atoms with Crippen LogP contribution in [0, 0.1) is 5.41 Å². The van der Waals surface area contributed by atoms with Crippen LogP contribution < -0.4 is 5.32 Å². The van der Waals surface area contributed by atoms with Crippen molar-refractivity contribution in [3.8, 4) is 0 Å². The van der Waals surface area contributed by atoms with E-state index in [0.717, 1.165) is 19.1 Å². The predicted octanol–water partition coefficient (Wildman–Crippen LogP) is 0.0275. The number of carboxylic acid groups (broad SMARTS) is 1. The number of aliphatic carboxylic acids is 1. The summed E-state index contributed by atoms with van der Waals surface area (Å²) in [6.07, 6.45) is 3.07. The van der Waals surface area contributed by atoms with Crippen LogP contribution in [0.3, 0.4) is 0 Å². The van der Waals surface area contributed by atoms with Crippen molar-refractivity contribution in [2.45, 2.75) is 39.2 Å². The van der Waals surface area contributed by atoms with Crippen molar-refractivity contribution in [1.29, 1.82) is 0 Å². The monoisotopic (exact) mass is 306 g/mol. The fourth-order valence-electron chi connectivity index (χ4n) is 2.07. The van der Waals surface area contributed by atoms with Crippen molar-refractivity contribution >= 4 is 21.9 Å². The lowest BCUT2D eigenvalue weighted by Gasteiger charge is -2.33. The number of carbonyl (C=O) groups excluding carboxylic acids is 1. The van der Waals surface area contributed by atoms with Crippen molar-refractivity contribution < 1.29 is 23.1 Å². The Bertz CT molecular complexity index is 486. The average Bonchev–Trinajstić information content (AvgIpc) is 2.35. The molecule has 1 rings (SSSR count). The largest absolute Gasteiger partial charge is 0.481 e. The minimum absolute atomic E-state index is 0.0325. The quantitative estimate of drug-likeness (QED) is 0.745. The molecule has 2 N–H and O–H groups in total. The van der Waals surface area contributed by atoms with Crippen LogP contribution >= 0.6 is 0 Å². The smallest absolute Gasteiger partial charge is 0.310 e. The number of carbonyl (C=O) groups is 2. The number of hydrogen-bond donors (Lipinski definition) is 2. The van der Waals surface area contributed by atoms with Gasteiger partial charge in [0.2, 0.25) is 15.9 Å². The summed E-state index contributed by atoms with van der Waals surface area (Å²) in [5.74, 6) is -1.44. The Morgan fingerprint density at radius 3 is 2.45 bits per heavy atom. The molecule has 1 aliphatic heterocycles. The van der Waals surface area contributed by atoms with E-state index in [1.54, 1.807) is 0 Å². The summed E-state index contributed by atoms with van der Waals surface area (Å²) in [6, 6.07) is -0.733. The van der Waals surface area contributed by atoms with Crippen LogP contribution in [0.5, 0.6) is 0 Å². The Kier molecular flexibility index (Phi) is 5.15. The summed E-state index contributed by atoms with van der Waals surface area (Å²) >= 11 is 0. The second-order valence-electron chi connectivity index (χ2n) is 5.79. The lowest BCUT2D eigenvalue weighted by atomic mass is 9.93. The number of nitrogens with zero attached hydrogens (tertiary/aromatic N) is 1. The van der Waals surface area contributed by atoms with E-state index in [0.29, 0.717) is 13.0 Å². The maximum absolute atomic E-state index is 12.1. The van der Waals surface area contributed by atoms with Crippen molar-refractivity contribution in [2.24, 2.45) is 5.41 Å². The van der Waals surface area contributed by atoms with Gasteiger partial charge in [0.15, 0.2) is 0 Å². The molecule has 1 amide bonds. The Hall–Kier alpha value is -1.15. The van der Waals surface area contributed by atoms with Gasteiger partial charge in [-0.2, -0.15) is 4.31 Å². The first kappa shape index (κ1) is 16.9. The van der Waals surface area contributed by atoms with Gasteiger partial charge in [0.05, 0.1) is 11.7 Å². The van der Waals surface area contributed by atoms with Gasteiger partial charge in [-0.1, -0.05) is 6.42 Å². The van der Waals surface area contributed by atoms with Gasteiger partial charge in [-0.3, -0.25) is 9.59 Å². The van der Waals surface area contributed by atoms with Crippen molar-refractivity contribution in [1.82, 2.24) is 9.62 Å². The summed E-state index contributed by atoms with van der Waals surface area (Å²) in [4.78, 5) is 23.1. The molecule has 20 heavy (non-hydrogen) atoms. The molecule has 7 nitrogen and oxygen atoms in total. The van der Waals surface area contributed by atoms with Gasteiger partial charge < -0.3 is 10.4 Å². The van der Waals surface area contributed by atoms with Crippen LogP contribution in [0.1, 0.15) is 33.1 Å². The van der Waals surface area contributed by atoms with Crippen LogP contribution in [0.4, 0.5) is 0 Å². The van der Waals surface area contributed by atoms with Gasteiger partial charge in [-0.15, -0.1) is 0 Å². The molecule has 1 aliphatic rings. The van der Waals surface area contributed by atoms with Crippen LogP contribution in [0.15, 0.2) is 0 Å². The zero-order valence-corrected chi connectivity index (χ0v) is 12.9. The SMILES string of the molecule is CC(C)(CNC(=O)[C@H]1CCCCN1S(C)(=O)=O)C(=O)O. The van der Waals surface area contributed by atoms with Gasteiger partial charge in [0.1, 0.15) is 6.04 Å². The molecule has 0 aromatic carbocycles. The maximum atomic E-state index is 12.1. The first-order valence-electron chi connectivity index (χ1n) is 6.53. The predicted molar refractivity (Wildman–Crippen MR) is 73.6 cm³/mol. The summed E-state index contributed by atoms with van der Waals surface area (Å²) in [6.45, 7) is 3.31. The molecule has 0 unspecified atom stereocenters. The third-order valence-electron chi connectivity index (χ3n) is 3.47. The Balaban J connectivity index is 2.72. The number of carboxylic acids is 1. The molecule has 1 atom stereocenters.